The number of nitrogens with one attached hydrogen (secondary N) is 3. The molecule has 0 spiro atoms. The molecule has 0 aliphatic carbocycles. The number of nitro groups is 1. The van der Waals surface area contributed by atoms with Gasteiger partial charge >= 0.3 is 330 Å². The van der Waals surface area contributed by atoms with Crippen LogP contribution >= 0.6 is 19.0 Å². The van der Waals surface area contributed by atoms with Gasteiger partial charge in [0.1, 0.15) is 0 Å². The van der Waals surface area contributed by atoms with E-state index in [2.05, 4.69) is 22.0 Å². The molecule has 2 heterocycles. The number of hydrogen-bond acceptors (Lipinski definition) is 12. The molecule has 0 radical (unpaired) electrons. The molecule has 2 fully saturated rings. The van der Waals surface area contributed by atoms with E-state index < -0.39 is 23.3 Å². The van der Waals surface area contributed by atoms with Crippen molar-refractivity contribution >= 4 is 42.5 Å². The topological polar surface area (TPSA) is 220 Å². The number of nitro benzene ring substituents is 1. The molecule has 0 aromatic heterocycles. The fourth-order valence-corrected chi connectivity index (χ4v) is 16.9. The number of carbonyl (C=O) groups is 3. The summed E-state index contributed by atoms with van der Waals surface area (Å²) >= 11 is 1.87. The number of benzene rings is 4. The quantitative estimate of drug-likeness (QED) is 0.00941. The molecule has 2 saturated heterocycles. The Morgan fingerprint density at radius 3 is 2.04 bits per heavy atom. The van der Waals surface area contributed by atoms with Gasteiger partial charge in [-0.15, -0.1) is 0 Å². The monoisotopic (exact) mass is 1040 g/mol. The van der Waals surface area contributed by atoms with E-state index in [1.165, 1.54) is 6.07 Å². The van der Waals surface area contributed by atoms with Gasteiger partial charge in [0.2, 0.25) is 5.91 Å². The molecule has 4 atom stereocenters. The van der Waals surface area contributed by atoms with Crippen molar-refractivity contribution in [2.24, 2.45) is 0 Å². The Morgan fingerprint density at radius 2 is 1.47 bits per heavy atom. The summed E-state index contributed by atoms with van der Waals surface area (Å²) in [4.78, 5) is 80.1. The van der Waals surface area contributed by atoms with Gasteiger partial charge in [0.25, 0.3) is 0 Å². The van der Waals surface area contributed by atoms with Crippen LogP contribution in [0.25, 0.3) is 0 Å². The molecular formula is C55H74N7O9PS. The fourth-order valence-electron chi connectivity index (χ4n) is 11.1. The summed E-state index contributed by atoms with van der Waals surface area (Å²) in [5, 5.41) is 32.1. The van der Waals surface area contributed by atoms with E-state index >= 15 is 4.79 Å². The SMILES string of the molecule is COc1ccc(C(c2ccccc2)(c2ccc(OC)cc2)N(Cc2ccc([N+](=O)[O-])c(C(C)P(O)(O)(CCC#N)N(C(C)C)C(C)C)c2)C(=O)CCCCCNC(=O)CCCC[C@@H]2SC[C@@H]3NC(=O)N[C@@H]32)cc1. The third-order valence-electron chi connectivity index (χ3n) is 14.5. The zero-order valence-electron chi connectivity index (χ0n) is 43.3. The average Bonchev–Trinajstić information content (AvgIpc) is 3.94. The number of hydrogen-bond donors (Lipinski definition) is 5. The van der Waals surface area contributed by atoms with Crippen LogP contribution in [0.2, 0.25) is 0 Å². The van der Waals surface area contributed by atoms with Crippen LogP contribution in [-0.2, 0) is 21.7 Å². The third kappa shape index (κ3) is 12.8. The number of nitrogens with zero attached hydrogens (tertiary/aromatic N) is 4. The minimum atomic E-state index is -5.16. The van der Waals surface area contributed by atoms with Crippen LogP contribution in [0.4, 0.5) is 10.5 Å². The zero-order chi connectivity index (χ0) is 53.0. The molecule has 73 heavy (non-hydrogen) atoms. The second kappa shape index (κ2) is 25.0. The Kier molecular flexibility index (Phi) is 19.3. The molecule has 394 valence electrons. The van der Waals surface area contributed by atoms with Gasteiger partial charge in [-0.2, -0.15) is 11.8 Å². The number of urea groups is 1. The van der Waals surface area contributed by atoms with E-state index in [1.807, 2.05) is 123 Å². The first-order valence-corrected chi connectivity index (χ1v) is 28.8. The van der Waals surface area contributed by atoms with Gasteiger partial charge < -0.3 is 16.0 Å². The van der Waals surface area contributed by atoms with Crippen molar-refractivity contribution in [3.8, 4) is 17.6 Å². The van der Waals surface area contributed by atoms with Crippen LogP contribution in [-0.4, -0.2) is 104 Å². The van der Waals surface area contributed by atoms with Gasteiger partial charge in [-0.05, 0) is 12.8 Å². The summed E-state index contributed by atoms with van der Waals surface area (Å²) in [7, 11) is -1.99. The summed E-state index contributed by atoms with van der Waals surface area (Å²) in [5.74, 6) is 1.90. The Labute approximate surface area is 434 Å². The van der Waals surface area contributed by atoms with Crippen molar-refractivity contribution in [3.05, 3.63) is 135 Å². The maximum absolute atomic E-state index is 15.5. The normalized spacial score (nSPS) is 17.5. The van der Waals surface area contributed by atoms with Crippen LogP contribution in [0.5, 0.6) is 11.5 Å². The number of thioether (sulfide) groups is 1. The van der Waals surface area contributed by atoms with Crippen molar-refractivity contribution in [2.45, 2.75) is 140 Å². The standard InChI is InChI=1S/C55H74N7O9PS/c1-38(2)61(39(3)4)72(68,69,34-16-32-56)40(5)47-35-41(22-31-49(47)62(66)67)36-60(52(64)21-12-9-15-33-57-51(63)20-14-13-19-50-53-48(37-73-50)58-54(65)59-53)55(42-17-10-8-11-18-42,43-23-27-45(70-6)28-24-43)44-25-29-46(71-7)30-26-44/h8,10-11,17-18,22-31,35,38-40,48,50,53,68-69H,9,12-16,19-21,33-34,36-37H2,1-7H3,(H,57,63)(H2,58,59,65)/t40?,48-,50-,53-/m0/s1. The van der Waals surface area contributed by atoms with Gasteiger partial charge in [0, 0.05) is 17.4 Å². The summed E-state index contributed by atoms with van der Waals surface area (Å²) in [6, 6.07) is 30.9. The van der Waals surface area contributed by atoms with E-state index in [4.69, 9.17) is 9.47 Å². The molecule has 0 saturated carbocycles. The number of ether oxygens (including phenoxy) is 2. The summed E-state index contributed by atoms with van der Waals surface area (Å²) in [6.07, 6.45) is 4.45. The Bertz CT molecular complexity index is 2510. The Morgan fingerprint density at radius 1 is 0.863 bits per heavy atom. The van der Waals surface area contributed by atoms with E-state index in [1.54, 1.807) is 37.9 Å². The molecule has 4 aromatic carbocycles. The first-order chi connectivity index (χ1) is 34.9. The number of carbonyl (C=O) groups excluding carboxylic acids is 3. The van der Waals surface area contributed by atoms with E-state index in [9.17, 15) is 34.8 Å². The van der Waals surface area contributed by atoms with Crippen molar-refractivity contribution < 1.29 is 38.6 Å². The van der Waals surface area contributed by atoms with Crippen LogP contribution in [0.3, 0.4) is 0 Å². The van der Waals surface area contributed by atoms with Gasteiger partial charge in [0.15, 0.2) is 0 Å². The number of rotatable bonds is 27. The number of fused-ring (bicyclic) bond motifs is 1. The molecule has 6 rings (SSSR count). The summed E-state index contributed by atoms with van der Waals surface area (Å²) < 4.78 is 12.8. The summed E-state index contributed by atoms with van der Waals surface area (Å²) in [6.45, 7) is 9.35. The van der Waals surface area contributed by atoms with Crippen LogP contribution < -0.4 is 25.4 Å². The molecular weight excluding hydrogens is 966 g/mol. The first-order valence-electron chi connectivity index (χ1n) is 25.4. The second-order valence-corrected chi connectivity index (χ2v) is 25.2. The molecule has 4 amide bonds. The Hall–Kier alpha value is -5.76. The van der Waals surface area contributed by atoms with E-state index in [0.717, 1.165) is 41.7 Å². The summed E-state index contributed by atoms with van der Waals surface area (Å²) in [5.41, 5.74) is 0.0241. The molecule has 2 aliphatic rings. The first kappa shape index (κ1) is 56.5. The van der Waals surface area contributed by atoms with Crippen molar-refractivity contribution in [1.29, 1.82) is 5.26 Å². The molecule has 4 aromatic rings. The van der Waals surface area contributed by atoms with Gasteiger partial charge in [-0.1, -0.05) is 6.42 Å². The van der Waals surface area contributed by atoms with Crippen molar-refractivity contribution in [1.82, 2.24) is 25.5 Å². The molecule has 2 aliphatic heterocycles. The number of methoxy groups -OCH3 is 2. The molecule has 0 bridgehead atoms. The molecule has 16 nitrogen and oxygen atoms in total. The molecule has 5 N–H and O–H groups in total. The van der Waals surface area contributed by atoms with Crippen LogP contribution in [0.1, 0.15) is 126 Å². The van der Waals surface area contributed by atoms with Crippen molar-refractivity contribution in [2.75, 3.05) is 32.7 Å². The van der Waals surface area contributed by atoms with Gasteiger partial charge in [-0.3, -0.25) is 4.79 Å². The van der Waals surface area contributed by atoms with Gasteiger partial charge in [-0.25, -0.2) is 4.79 Å². The molecule has 18 heteroatoms. The van der Waals surface area contributed by atoms with Crippen LogP contribution in [0, 0.1) is 21.4 Å². The fraction of sp³-hybridized carbons (Fsp3) is 0.491. The van der Waals surface area contributed by atoms with Gasteiger partial charge in [0.05, 0.1) is 26.3 Å². The number of nitriles is 1. The maximum atomic E-state index is 15.5. The predicted molar refractivity (Wildman–Crippen MR) is 288 cm³/mol. The van der Waals surface area contributed by atoms with E-state index in [-0.39, 0.29) is 78.8 Å². The Balaban J connectivity index is 1.33. The predicted octanol–water partition coefficient (Wildman–Crippen LogP) is 9.71. The number of unbranched alkanes of at least 4 members (excludes halogenated alkanes) is 3. The minimum absolute atomic E-state index is 0.0160. The van der Waals surface area contributed by atoms with Crippen LogP contribution in [0.15, 0.2) is 97.1 Å². The van der Waals surface area contributed by atoms with E-state index in [0.29, 0.717) is 54.5 Å². The second-order valence-electron chi connectivity index (χ2n) is 19.8. The van der Waals surface area contributed by atoms with Crippen molar-refractivity contribution in [3.63, 3.8) is 0 Å². The molecule has 1 unspecified atom stereocenters. The zero-order valence-corrected chi connectivity index (χ0v) is 45.0. The average molecular weight is 1040 g/mol. The number of amides is 4. The third-order valence-corrected chi connectivity index (χ3v) is 20.9.